The van der Waals surface area contributed by atoms with Gasteiger partial charge in [-0.25, -0.2) is 17.8 Å². The molecule has 0 radical (unpaired) electrons. The molecule has 0 unspecified atom stereocenters. The zero-order chi connectivity index (χ0) is 21.6. The lowest BCUT2D eigenvalue weighted by Crippen LogP contribution is -2.38. The smallest absolute Gasteiger partial charge is 0.191 e. The predicted octanol–water partition coefficient (Wildman–Crippen LogP) is 2.64. The molecule has 0 aliphatic heterocycles. The maximum absolute atomic E-state index is 13.7. The van der Waals surface area contributed by atoms with E-state index in [1.165, 1.54) is 23.8 Å². The zero-order valence-corrected chi connectivity index (χ0v) is 21.3. The van der Waals surface area contributed by atoms with Gasteiger partial charge in [0.1, 0.15) is 5.82 Å². The highest BCUT2D eigenvalue weighted by Gasteiger charge is 2.12. The summed E-state index contributed by atoms with van der Waals surface area (Å²) in [6.45, 7) is 7.53. The van der Waals surface area contributed by atoms with E-state index in [9.17, 15) is 12.8 Å². The highest BCUT2D eigenvalue weighted by Crippen LogP contribution is 2.16. The molecule has 1 heterocycles. The average Bonchev–Trinajstić information content (AvgIpc) is 2.86. The van der Waals surface area contributed by atoms with Crippen molar-refractivity contribution in [1.29, 1.82) is 0 Å². The van der Waals surface area contributed by atoms with Gasteiger partial charge in [0.25, 0.3) is 0 Å². The Balaban J connectivity index is 0.00000450. The van der Waals surface area contributed by atoms with Gasteiger partial charge >= 0.3 is 0 Å². The van der Waals surface area contributed by atoms with Crippen molar-refractivity contribution in [3.8, 4) is 0 Å². The number of nitrogens with zero attached hydrogens (tertiary/aromatic N) is 3. The van der Waals surface area contributed by atoms with Gasteiger partial charge in [-0.15, -0.1) is 24.0 Å². The van der Waals surface area contributed by atoms with Crippen molar-refractivity contribution < 1.29 is 12.8 Å². The molecule has 2 rings (SSSR count). The van der Waals surface area contributed by atoms with Crippen LogP contribution in [0.3, 0.4) is 0 Å². The molecule has 1 aromatic carbocycles. The van der Waals surface area contributed by atoms with Gasteiger partial charge in [-0.05, 0) is 56.0 Å². The number of benzene rings is 1. The minimum atomic E-state index is -3.22. The van der Waals surface area contributed by atoms with Crippen molar-refractivity contribution in [1.82, 2.24) is 20.4 Å². The zero-order valence-electron chi connectivity index (χ0n) is 18.1. The molecule has 0 fully saturated rings. The van der Waals surface area contributed by atoms with E-state index in [0.29, 0.717) is 30.2 Å². The van der Waals surface area contributed by atoms with Crippen molar-refractivity contribution in [3.63, 3.8) is 0 Å². The Kier molecular flexibility index (Phi) is 10.2. The van der Waals surface area contributed by atoms with E-state index in [2.05, 4.69) is 20.7 Å². The standard InChI is InChI=1S/C20H30FN5O2S.HI/c1-6-22-20(23-10-9-19-14(2)25-26(4)15(19)3)24-12-17-11-18(21)8-7-16(17)13-29(5,27)28;/h7-8,11H,6,9-10,12-13H2,1-5H3,(H2,22,23,24);1H. The predicted molar refractivity (Wildman–Crippen MR) is 130 cm³/mol. The highest BCUT2D eigenvalue weighted by molar-refractivity contribution is 14.0. The Morgan fingerprint density at radius 3 is 2.50 bits per heavy atom. The molecular weight excluding hydrogens is 520 g/mol. The van der Waals surface area contributed by atoms with Crippen LogP contribution in [-0.2, 0) is 35.6 Å². The number of guanidine groups is 1. The van der Waals surface area contributed by atoms with Crippen molar-refractivity contribution in [2.45, 2.75) is 39.5 Å². The van der Waals surface area contributed by atoms with Crippen LogP contribution < -0.4 is 10.6 Å². The summed E-state index contributed by atoms with van der Waals surface area (Å²) in [6, 6.07) is 4.13. The Hall–Kier alpha value is -1.69. The molecule has 0 saturated carbocycles. The number of halogens is 2. The van der Waals surface area contributed by atoms with E-state index in [1.54, 1.807) is 0 Å². The molecule has 0 aliphatic rings. The first kappa shape index (κ1) is 26.3. The number of aliphatic imine (C=N–C) groups is 1. The van der Waals surface area contributed by atoms with E-state index < -0.39 is 15.7 Å². The van der Waals surface area contributed by atoms with E-state index in [0.717, 1.165) is 24.1 Å². The van der Waals surface area contributed by atoms with Crippen LogP contribution in [0.5, 0.6) is 0 Å². The van der Waals surface area contributed by atoms with Crippen molar-refractivity contribution >= 4 is 39.8 Å². The van der Waals surface area contributed by atoms with Crippen LogP contribution in [0, 0.1) is 19.7 Å². The number of nitrogens with one attached hydrogen (secondary N) is 2. The lowest BCUT2D eigenvalue weighted by molar-refractivity contribution is 0.600. The van der Waals surface area contributed by atoms with Crippen LogP contribution in [0.2, 0.25) is 0 Å². The maximum atomic E-state index is 13.7. The normalized spacial score (nSPS) is 11.9. The van der Waals surface area contributed by atoms with E-state index in [-0.39, 0.29) is 36.3 Å². The van der Waals surface area contributed by atoms with Crippen molar-refractivity contribution in [2.24, 2.45) is 12.0 Å². The molecule has 7 nitrogen and oxygen atoms in total. The molecule has 2 aromatic rings. The number of sulfone groups is 1. The molecule has 0 aliphatic carbocycles. The van der Waals surface area contributed by atoms with Crippen LogP contribution in [0.1, 0.15) is 35.0 Å². The van der Waals surface area contributed by atoms with Gasteiger partial charge < -0.3 is 10.6 Å². The lowest BCUT2D eigenvalue weighted by Gasteiger charge is -2.13. The molecule has 10 heteroatoms. The fraction of sp³-hybridized carbons (Fsp3) is 0.500. The summed E-state index contributed by atoms with van der Waals surface area (Å²) >= 11 is 0. The molecular formula is C20H31FIN5O2S. The van der Waals surface area contributed by atoms with Crippen molar-refractivity contribution in [3.05, 3.63) is 52.1 Å². The fourth-order valence-corrected chi connectivity index (χ4v) is 4.00. The monoisotopic (exact) mass is 551 g/mol. The van der Waals surface area contributed by atoms with Crippen LogP contribution in [0.4, 0.5) is 4.39 Å². The van der Waals surface area contributed by atoms with Crippen molar-refractivity contribution in [2.75, 3.05) is 19.3 Å². The molecule has 0 spiro atoms. The third-order valence-corrected chi connectivity index (χ3v) is 5.50. The van der Waals surface area contributed by atoms with Gasteiger partial charge in [0, 0.05) is 32.1 Å². The average molecular weight is 551 g/mol. The summed E-state index contributed by atoms with van der Waals surface area (Å²) in [7, 11) is -1.29. The maximum Gasteiger partial charge on any atom is 0.191 e. The number of aromatic nitrogens is 2. The SMILES string of the molecule is CCNC(=NCc1cc(F)ccc1CS(C)(=O)=O)NCCc1c(C)nn(C)c1C.I. The van der Waals surface area contributed by atoms with Gasteiger partial charge in [-0.1, -0.05) is 6.07 Å². The van der Waals surface area contributed by atoms with E-state index >= 15 is 0 Å². The second-order valence-electron chi connectivity index (χ2n) is 7.13. The van der Waals surface area contributed by atoms with E-state index in [4.69, 9.17) is 0 Å². The lowest BCUT2D eigenvalue weighted by atomic mass is 10.1. The Bertz CT molecular complexity index is 989. The minimum absolute atomic E-state index is 0. The second-order valence-corrected chi connectivity index (χ2v) is 9.27. The molecule has 2 N–H and O–H groups in total. The first-order valence-electron chi connectivity index (χ1n) is 9.57. The summed E-state index contributed by atoms with van der Waals surface area (Å²) in [5.41, 5.74) is 4.48. The molecule has 0 amide bonds. The minimum Gasteiger partial charge on any atom is -0.357 e. The van der Waals surface area contributed by atoms with E-state index in [1.807, 2.05) is 32.5 Å². The summed E-state index contributed by atoms with van der Waals surface area (Å²) in [4.78, 5) is 4.51. The number of rotatable bonds is 8. The number of aryl methyl sites for hydroxylation is 2. The third-order valence-electron chi connectivity index (χ3n) is 4.66. The van der Waals surface area contributed by atoms with Gasteiger partial charge in [0.2, 0.25) is 0 Å². The van der Waals surface area contributed by atoms with Gasteiger partial charge in [0.15, 0.2) is 15.8 Å². The fourth-order valence-electron chi connectivity index (χ4n) is 3.16. The third kappa shape index (κ3) is 7.86. The molecule has 168 valence electrons. The Morgan fingerprint density at radius 2 is 1.93 bits per heavy atom. The largest absolute Gasteiger partial charge is 0.357 e. The van der Waals surface area contributed by atoms with Gasteiger partial charge in [-0.2, -0.15) is 5.10 Å². The Labute approximate surface area is 195 Å². The summed E-state index contributed by atoms with van der Waals surface area (Å²) < 4.78 is 38.9. The second kappa shape index (κ2) is 11.6. The van der Waals surface area contributed by atoms with Crippen LogP contribution in [0.15, 0.2) is 23.2 Å². The summed E-state index contributed by atoms with van der Waals surface area (Å²) in [6.07, 6.45) is 1.96. The number of hydrogen-bond donors (Lipinski definition) is 2. The van der Waals surface area contributed by atoms with Gasteiger partial charge in [-0.3, -0.25) is 4.68 Å². The molecule has 0 saturated heterocycles. The van der Waals surface area contributed by atoms with Crippen LogP contribution in [0.25, 0.3) is 0 Å². The first-order valence-corrected chi connectivity index (χ1v) is 11.6. The molecule has 30 heavy (non-hydrogen) atoms. The topological polar surface area (TPSA) is 88.4 Å². The van der Waals surface area contributed by atoms with Crippen LogP contribution >= 0.6 is 24.0 Å². The molecule has 0 atom stereocenters. The highest BCUT2D eigenvalue weighted by atomic mass is 127. The quantitative estimate of drug-likeness (QED) is 0.299. The summed E-state index contributed by atoms with van der Waals surface area (Å²) in [5.74, 6) is 0.0518. The first-order chi connectivity index (χ1) is 13.6. The van der Waals surface area contributed by atoms with Gasteiger partial charge in [0.05, 0.1) is 18.0 Å². The molecule has 1 aromatic heterocycles. The molecule has 0 bridgehead atoms. The number of hydrogen-bond acceptors (Lipinski definition) is 4. The summed E-state index contributed by atoms with van der Waals surface area (Å²) in [5, 5.41) is 10.9. The van der Waals surface area contributed by atoms with Crippen LogP contribution in [-0.4, -0.2) is 43.5 Å². The Morgan fingerprint density at radius 1 is 1.23 bits per heavy atom.